The van der Waals surface area contributed by atoms with Crippen LogP contribution in [0.25, 0.3) is 27.5 Å². The van der Waals surface area contributed by atoms with Gasteiger partial charge in [0, 0.05) is 46.7 Å². The molecular weight excluding hydrogens is 477 g/mol. The smallest absolute Gasteiger partial charge is 0.335 e. The highest BCUT2D eigenvalue weighted by atomic mass is 19.1. The molecular formula is C28H32FN3O5. The molecule has 4 aromatic rings. The van der Waals surface area contributed by atoms with Crippen LogP contribution in [-0.4, -0.2) is 58.9 Å². The van der Waals surface area contributed by atoms with Crippen molar-refractivity contribution in [1.29, 1.82) is 0 Å². The van der Waals surface area contributed by atoms with Crippen molar-refractivity contribution >= 4 is 27.8 Å². The predicted octanol–water partition coefficient (Wildman–Crippen LogP) is 5.32. The number of hydrogen-bond donors (Lipinski definition) is 2. The molecule has 196 valence electrons. The highest BCUT2D eigenvalue weighted by Gasteiger charge is 2.42. The second-order valence-electron chi connectivity index (χ2n) is 10.6. The zero-order valence-corrected chi connectivity index (χ0v) is 21.7. The van der Waals surface area contributed by atoms with Crippen molar-refractivity contribution in [3.05, 3.63) is 53.6 Å². The molecule has 3 heterocycles. The number of aromatic amines is 1. The first-order valence-corrected chi connectivity index (χ1v) is 12.3. The fraction of sp³-hybridized carbons (Fsp3) is 0.429. The first-order chi connectivity index (χ1) is 17.6. The summed E-state index contributed by atoms with van der Waals surface area (Å²) in [4.78, 5) is 11.8. The average molecular weight is 510 g/mol. The summed E-state index contributed by atoms with van der Waals surface area (Å²) < 4.78 is 33.5. The number of nitrogens with one attached hydrogen (secondary N) is 1. The molecule has 5 rings (SSSR count). The second-order valence-corrected chi connectivity index (χ2v) is 10.6. The molecule has 2 N–H and O–H groups in total. The number of aromatic nitrogens is 3. The van der Waals surface area contributed by atoms with E-state index in [2.05, 4.69) is 40.7 Å². The molecule has 0 saturated carbocycles. The molecule has 2 aromatic heterocycles. The third kappa shape index (κ3) is 4.16. The number of methoxy groups -OCH3 is 2. The normalized spacial score (nSPS) is 20.5. The van der Waals surface area contributed by atoms with E-state index in [1.807, 2.05) is 0 Å². The lowest BCUT2D eigenvalue weighted by Crippen LogP contribution is -2.43. The number of nitrogens with zero attached hydrogens (tertiary/aromatic N) is 2. The Labute approximate surface area is 214 Å². The summed E-state index contributed by atoms with van der Waals surface area (Å²) in [5.74, 6) is -1.29. The summed E-state index contributed by atoms with van der Waals surface area (Å²) in [6.07, 6.45) is 2.81. The van der Waals surface area contributed by atoms with Crippen LogP contribution in [0.2, 0.25) is 0 Å². The minimum absolute atomic E-state index is 0.0509. The van der Waals surface area contributed by atoms with Crippen molar-refractivity contribution in [1.82, 2.24) is 14.8 Å². The third-order valence-electron chi connectivity index (χ3n) is 7.54. The van der Waals surface area contributed by atoms with Crippen LogP contribution in [0, 0.1) is 5.82 Å². The maximum absolute atomic E-state index is 14.4. The van der Waals surface area contributed by atoms with Gasteiger partial charge in [0.25, 0.3) is 0 Å². The SMILES string of the molecule is COCC(C)(C)c1c([C@@H]2CC[C@@](C)(C(=O)O)OC2)c2cc3[nH]ncc3cc2n1-c1ccc(F)c(OC)c1. The monoisotopic (exact) mass is 509 g/mol. The largest absolute Gasteiger partial charge is 0.494 e. The number of halogens is 1. The molecule has 0 aliphatic carbocycles. The molecule has 2 aromatic carbocycles. The minimum Gasteiger partial charge on any atom is -0.494 e. The molecule has 1 aliphatic rings. The van der Waals surface area contributed by atoms with Crippen molar-refractivity contribution in [2.45, 2.75) is 50.5 Å². The summed E-state index contributed by atoms with van der Waals surface area (Å²) in [5, 5.41) is 18.9. The molecule has 0 bridgehead atoms. The van der Waals surface area contributed by atoms with Crippen molar-refractivity contribution in [3.63, 3.8) is 0 Å². The fourth-order valence-electron chi connectivity index (χ4n) is 5.60. The second kappa shape index (κ2) is 9.15. The van der Waals surface area contributed by atoms with E-state index in [4.69, 9.17) is 14.2 Å². The Morgan fingerprint density at radius 3 is 2.76 bits per heavy atom. The molecule has 8 nitrogen and oxygen atoms in total. The van der Waals surface area contributed by atoms with Crippen LogP contribution < -0.4 is 4.74 Å². The number of aliphatic carboxylic acids is 1. The number of rotatable bonds is 7. The molecule has 0 amide bonds. The molecule has 0 unspecified atom stereocenters. The van der Waals surface area contributed by atoms with Crippen LogP contribution in [0.3, 0.4) is 0 Å². The van der Waals surface area contributed by atoms with Gasteiger partial charge in [-0.2, -0.15) is 5.10 Å². The van der Waals surface area contributed by atoms with Crippen molar-refractivity contribution in [2.75, 3.05) is 27.4 Å². The van der Waals surface area contributed by atoms with Crippen LogP contribution in [0.15, 0.2) is 36.5 Å². The van der Waals surface area contributed by atoms with Crippen LogP contribution in [0.1, 0.15) is 50.8 Å². The summed E-state index contributed by atoms with van der Waals surface area (Å²) >= 11 is 0. The van der Waals surface area contributed by atoms with E-state index in [1.165, 1.54) is 13.2 Å². The van der Waals surface area contributed by atoms with Crippen molar-refractivity contribution in [3.8, 4) is 11.4 Å². The van der Waals surface area contributed by atoms with Gasteiger partial charge in [-0.3, -0.25) is 5.10 Å². The summed E-state index contributed by atoms with van der Waals surface area (Å²) in [7, 11) is 3.12. The summed E-state index contributed by atoms with van der Waals surface area (Å²) in [6.45, 7) is 6.57. The maximum atomic E-state index is 14.4. The number of carbonyl (C=O) groups is 1. The molecule has 37 heavy (non-hydrogen) atoms. The third-order valence-corrected chi connectivity index (χ3v) is 7.54. The van der Waals surface area contributed by atoms with E-state index in [9.17, 15) is 14.3 Å². The highest BCUT2D eigenvalue weighted by Crippen LogP contribution is 2.46. The number of benzene rings is 2. The van der Waals surface area contributed by atoms with Gasteiger partial charge in [0.1, 0.15) is 0 Å². The van der Waals surface area contributed by atoms with Gasteiger partial charge in [-0.05, 0) is 49.6 Å². The molecule has 0 radical (unpaired) electrons. The van der Waals surface area contributed by atoms with Crippen LogP contribution in [0.4, 0.5) is 4.39 Å². The van der Waals surface area contributed by atoms with Gasteiger partial charge in [-0.1, -0.05) is 13.8 Å². The summed E-state index contributed by atoms with van der Waals surface area (Å²) in [6, 6.07) is 9.01. The van der Waals surface area contributed by atoms with Gasteiger partial charge in [-0.25, -0.2) is 9.18 Å². The Kier molecular flexibility index (Phi) is 6.24. The fourth-order valence-corrected chi connectivity index (χ4v) is 5.60. The molecule has 9 heteroatoms. The van der Waals surface area contributed by atoms with E-state index in [-0.39, 0.29) is 18.3 Å². The number of H-pyrrole nitrogens is 1. The Hall–Kier alpha value is -3.43. The number of carboxylic acid groups (broad SMARTS) is 1. The van der Waals surface area contributed by atoms with Crippen molar-refractivity contribution in [2.24, 2.45) is 0 Å². The molecule has 1 aliphatic heterocycles. The zero-order valence-electron chi connectivity index (χ0n) is 21.7. The summed E-state index contributed by atoms with van der Waals surface area (Å²) in [5.41, 5.74) is 3.00. The van der Waals surface area contributed by atoms with Gasteiger partial charge in [0.05, 0.1) is 37.6 Å². The number of fused-ring (bicyclic) bond motifs is 2. The number of ether oxygens (including phenoxy) is 3. The van der Waals surface area contributed by atoms with Gasteiger partial charge in [-0.15, -0.1) is 0 Å². The standard InChI is InChI=1S/C28H32FN3O5/c1-27(2,15-35-4)25-24(16-8-9-28(3,26(33)34)37-14-16)19-12-21-17(13-30-31-21)10-22(19)32(25)18-6-7-20(29)23(11-18)36-5/h6-7,10-13,16H,8-9,14-15H2,1-5H3,(H,30,31)(H,33,34)/t16-,28+/m1/s1. The lowest BCUT2D eigenvalue weighted by molar-refractivity contribution is -0.170. The van der Waals surface area contributed by atoms with E-state index in [0.29, 0.717) is 19.4 Å². The Bertz CT molecular complexity index is 1480. The Morgan fingerprint density at radius 1 is 1.32 bits per heavy atom. The Balaban J connectivity index is 1.82. The molecule has 2 atom stereocenters. The first-order valence-electron chi connectivity index (χ1n) is 12.3. The molecule has 1 fully saturated rings. The lowest BCUT2D eigenvalue weighted by Gasteiger charge is -2.36. The van der Waals surface area contributed by atoms with Crippen molar-refractivity contribution < 1.29 is 28.5 Å². The Morgan fingerprint density at radius 2 is 2.11 bits per heavy atom. The number of hydrogen-bond acceptors (Lipinski definition) is 5. The lowest BCUT2D eigenvalue weighted by atomic mass is 9.79. The van der Waals surface area contributed by atoms with E-state index < -0.39 is 22.8 Å². The van der Waals surface area contributed by atoms with E-state index in [1.54, 1.807) is 32.4 Å². The van der Waals surface area contributed by atoms with Crippen LogP contribution >= 0.6 is 0 Å². The predicted molar refractivity (Wildman–Crippen MR) is 138 cm³/mol. The maximum Gasteiger partial charge on any atom is 0.335 e. The number of carboxylic acids is 1. The van der Waals surface area contributed by atoms with Crippen LogP contribution in [0.5, 0.6) is 5.75 Å². The van der Waals surface area contributed by atoms with Crippen LogP contribution in [-0.2, 0) is 19.7 Å². The van der Waals surface area contributed by atoms with E-state index in [0.717, 1.165) is 38.8 Å². The zero-order chi connectivity index (χ0) is 26.5. The minimum atomic E-state index is -1.21. The van der Waals surface area contributed by atoms with Gasteiger partial charge in [0.15, 0.2) is 17.2 Å². The molecule has 0 spiro atoms. The topological polar surface area (TPSA) is 98.6 Å². The van der Waals surface area contributed by atoms with Gasteiger partial charge >= 0.3 is 5.97 Å². The first kappa shape index (κ1) is 25.2. The highest BCUT2D eigenvalue weighted by molar-refractivity contribution is 5.99. The van der Waals surface area contributed by atoms with Gasteiger partial charge in [0.2, 0.25) is 0 Å². The van der Waals surface area contributed by atoms with Gasteiger partial charge < -0.3 is 23.9 Å². The molecule has 1 saturated heterocycles. The van der Waals surface area contributed by atoms with E-state index >= 15 is 0 Å². The quantitative estimate of drug-likeness (QED) is 0.350. The average Bonchev–Trinajstić information content (AvgIpc) is 3.45.